The van der Waals surface area contributed by atoms with Gasteiger partial charge in [0.2, 0.25) is 5.91 Å². The molecule has 1 saturated heterocycles. The Hall–Kier alpha value is -1.80. The molecular weight excluding hydrogens is 324 g/mol. The van der Waals surface area contributed by atoms with E-state index in [4.69, 9.17) is 0 Å². The van der Waals surface area contributed by atoms with Crippen molar-refractivity contribution in [1.82, 2.24) is 29.5 Å². The first-order valence-corrected chi connectivity index (χ1v) is 9.34. The van der Waals surface area contributed by atoms with Gasteiger partial charge in [0.05, 0.1) is 10.7 Å². The molecule has 0 bridgehead atoms. The van der Waals surface area contributed by atoms with Gasteiger partial charge in [-0.15, -0.1) is 11.3 Å². The van der Waals surface area contributed by atoms with E-state index < -0.39 is 0 Å². The molecule has 1 aliphatic rings. The lowest BCUT2D eigenvalue weighted by Gasteiger charge is -2.24. The fourth-order valence-corrected chi connectivity index (χ4v) is 3.69. The Morgan fingerprint density at radius 1 is 1.33 bits per heavy atom. The Labute approximate surface area is 146 Å². The van der Waals surface area contributed by atoms with Gasteiger partial charge in [-0.25, -0.2) is 14.6 Å². The summed E-state index contributed by atoms with van der Waals surface area (Å²) in [6.45, 7) is 8.32. The Bertz CT molecular complexity index is 655. The van der Waals surface area contributed by atoms with Crippen LogP contribution in [0.5, 0.6) is 0 Å². The molecule has 0 saturated carbocycles. The number of carbonyl (C=O) groups is 1. The first-order valence-electron chi connectivity index (χ1n) is 8.46. The Morgan fingerprint density at radius 2 is 2.21 bits per heavy atom. The highest BCUT2D eigenvalue weighted by Gasteiger charge is 2.25. The molecule has 1 fully saturated rings. The number of aromatic nitrogens is 4. The van der Waals surface area contributed by atoms with Gasteiger partial charge in [0.25, 0.3) is 0 Å². The van der Waals surface area contributed by atoms with Gasteiger partial charge >= 0.3 is 0 Å². The number of rotatable bonds is 5. The van der Waals surface area contributed by atoms with Crippen molar-refractivity contribution in [3.8, 4) is 0 Å². The number of amides is 1. The van der Waals surface area contributed by atoms with Crippen LogP contribution in [0.2, 0.25) is 0 Å². The van der Waals surface area contributed by atoms with Crippen molar-refractivity contribution in [3.05, 3.63) is 28.7 Å². The third-order valence-electron chi connectivity index (χ3n) is 4.38. The van der Waals surface area contributed by atoms with Crippen molar-refractivity contribution in [2.45, 2.75) is 39.3 Å². The summed E-state index contributed by atoms with van der Waals surface area (Å²) in [6.07, 6.45) is 5.04. The van der Waals surface area contributed by atoms with E-state index in [0.717, 1.165) is 51.3 Å². The van der Waals surface area contributed by atoms with Gasteiger partial charge in [0, 0.05) is 38.1 Å². The molecule has 1 amide bonds. The summed E-state index contributed by atoms with van der Waals surface area (Å²) in [5.74, 6) is 0.115. The molecule has 8 heteroatoms. The van der Waals surface area contributed by atoms with Crippen molar-refractivity contribution in [3.63, 3.8) is 0 Å². The van der Waals surface area contributed by atoms with E-state index in [1.165, 1.54) is 11.3 Å². The second kappa shape index (κ2) is 7.85. The van der Waals surface area contributed by atoms with Crippen LogP contribution in [-0.2, 0) is 17.8 Å². The lowest BCUT2D eigenvalue weighted by atomic mass is 10.2. The monoisotopic (exact) mass is 348 g/mol. The molecule has 0 aromatic carbocycles. The topological polar surface area (TPSA) is 67.2 Å². The average Bonchev–Trinajstić information content (AvgIpc) is 3.23. The van der Waals surface area contributed by atoms with E-state index in [1.807, 2.05) is 11.8 Å². The highest BCUT2D eigenvalue weighted by molar-refractivity contribution is 7.09. The van der Waals surface area contributed by atoms with Gasteiger partial charge < -0.3 is 4.90 Å². The van der Waals surface area contributed by atoms with E-state index in [1.54, 1.807) is 22.3 Å². The van der Waals surface area contributed by atoms with E-state index in [-0.39, 0.29) is 11.9 Å². The number of carbonyl (C=O) groups excluding carboxylic acids is 1. The SMILES string of the molecule is CCc1nc(CN2CCCN(C(=O)C(C)n3cncn3)CC2)cs1. The van der Waals surface area contributed by atoms with Crippen molar-refractivity contribution in [2.75, 3.05) is 26.2 Å². The zero-order chi connectivity index (χ0) is 16.9. The molecule has 7 nitrogen and oxygen atoms in total. The normalized spacial score (nSPS) is 17.7. The Kier molecular flexibility index (Phi) is 5.57. The maximum Gasteiger partial charge on any atom is 0.247 e. The second-order valence-corrected chi connectivity index (χ2v) is 7.04. The fourth-order valence-electron chi connectivity index (χ4n) is 2.96. The van der Waals surface area contributed by atoms with Crippen molar-refractivity contribution in [2.24, 2.45) is 0 Å². The zero-order valence-corrected chi connectivity index (χ0v) is 15.1. The minimum absolute atomic E-state index is 0.115. The minimum Gasteiger partial charge on any atom is -0.340 e. The molecule has 3 rings (SSSR count). The molecule has 0 N–H and O–H groups in total. The first-order chi connectivity index (χ1) is 11.7. The zero-order valence-electron chi connectivity index (χ0n) is 14.3. The molecule has 0 aliphatic carbocycles. The molecule has 0 radical (unpaired) electrons. The van der Waals surface area contributed by atoms with Gasteiger partial charge in [0.15, 0.2) is 0 Å². The van der Waals surface area contributed by atoms with Crippen LogP contribution in [0.25, 0.3) is 0 Å². The lowest BCUT2D eigenvalue weighted by Crippen LogP contribution is -2.39. The Morgan fingerprint density at radius 3 is 2.92 bits per heavy atom. The maximum atomic E-state index is 12.7. The molecule has 0 spiro atoms. The summed E-state index contributed by atoms with van der Waals surface area (Å²) in [6, 6.07) is -0.301. The molecular formula is C16H24N6OS. The Balaban J connectivity index is 1.55. The smallest absolute Gasteiger partial charge is 0.247 e. The summed E-state index contributed by atoms with van der Waals surface area (Å²) in [7, 11) is 0. The van der Waals surface area contributed by atoms with Crippen LogP contribution >= 0.6 is 11.3 Å². The molecule has 1 atom stereocenters. The maximum absolute atomic E-state index is 12.7. The van der Waals surface area contributed by atoms with Crippen molar-refractivity contribution >= 4 is 17.2 Å². The predicted molar refractivity (Wildman–Crippen MR) is 92.7 cm³/mol. The van der Waals surface area contributed by atoms with Gasteiger partial charge in [-0.3, -0.25) is 9.69 Å². The van der Waals surface area contributed by atoms with Gasteiger partial charge in [0.1, 0.15) is 18.7 Å². The molecule has 1 unspecified atom stereocenters. The summed E-state index contributed by atoms with van der Waals surface area (Å²) >= 11 is 1.73. The van der Waals surface area contributed by atoms with Gasteiger partial charge in [-0.05, 0) is 19.8 Å². The predicted octanol–water partition coefficient (Wildman–Crippen LogP) is 1.59. The van der Waals surface area contributed by atoms with Crippen molar-refractivity contribution in [1.29, 1.82) is 0 Å². The van der Waals surface area contributed by atoms with Crippen LogP contribution in [0, 0.1) is 0 Å². The number of aryl methyl sites for hydroxylation is 1. The summed E-state index contributed by atoms with van der Waals surface area (Å²) in [5, 5.41) is 7.42. The molecule has 3 heterocycles. The van der Waals surface area contributed by atoms with Crippen LogP contribution in [-0.4, -0.2) is 61.6 Å². The van der Waals surface area contributed by atoms with Crippen LogP contribution in [0.15, 0.2) is 18.0 Å². The molecule has 24 heavy (non-hydrogen) atoms. The average molecular weight is 348 g/mol. The largest absolute Gasteiger partial charge is 0.340 e. The standard InChI is InChI=1S/C16H24N6OS/c1-3-15-19-14(10-24-15)9-20-5-4-6-21(8-7-20)16(23)13(2)22-12-17-11-18-22/h10-13H,3-9H2,1-2H3. The quantitative estimate of drug-likeness (QED) is 0.821. The third kappa shape index (κ3) is 3.99. The second-order valence-electron chi connectivity index (χ2n) is 6.09. The van der Waals surface area contributed by atoms with E-state index in [0.29, 0.717) is 0 Å². The highest BCUT2D eigenvalue weighted by atomic mass is 32.1. The number of hydrogen-bond donors (Lipinski definition) is 0. The molecule has 1 aliphatic heterocycles. The van der Waals surface area contributed by atoms with E-state index in [2.05, 4.69) is 32.3 Å². The number of thiazole rings is 1. The summed E-state index contributed by atoms with van der Waals surface area (Å²) in [5.41, 5.74) is 1.15. The lowest BCUT2D eigenvalue weighted by molar-refractivity contribution is -0.134. The molecule has 2 aromatic rings. The van der Waals surface area contributed by atoms with Crippen LogP contribution < -0.4 is 0 Å². The van der Waals surface area contributed by atoms with Crippen molar-refractivity contribution < 1.29 is 4.79 Å². The molecule has 2 aromatic heterocycles. The highest BCUT2D eigenvalue weighted by Crippen LogP contribution is 2.15. The summed E-state index contributed by atoms with van der Waals surface area (Å²) in [4.78, 5) is 25.6. The van der Waals surface area contributed by atoms with Crippen LogP contribution in [0.3, 0.4) is 0 Å². The first kappa shape index (κ1) is 17.0. The summed E-state index contributed by atoms with van der Waals surface area (Å²) < 4.78 is 1.62. The minimum atomic E-state index is -0.301. The van der Waals surface area contributed by atoms with Gasteiger partial charge in [-0.1, -0.05) is 6.92 Å². The fraction of sp³-hybridized carbons (Fsp3) is 0.625. The molecule has 130 valence electrons. The number of hydrogen-bond acceptors (Lipinski definition) is 6. The third-order valence-corrected chi connectivity index (χ3v) is 5.42. The van der Waals surface area contributed by atoms with E-state index >= 15 is 0 Å². The van der Waals surface area contributed by atoms with Crippen LogP contribution in [0.4, 0.5) is 0 Å². The van der Waals surface area contributed by atoms with E-state index in [9.17, 15) is 4.79 Å². The van der Waals surface area contributed by atoms with Gasteiger partial charge in [-0.2, -0.15) is 5.10 Å². The van der Waals surface area contributed by atoms with Crippen LogP contribution in [0.1, 0.15) is 37.0 Å². The number of nitrogens with zero attached hydrogens (tertiary/aromatic N) is 6.